The molecule has 1 N–H and O–H groups in total. The third kappa shape index (κ3) is 4.49. The molecule has 3 aromatic rings. The van der Waals surface area contributed by atoms with E-state index in [4.69, 9.17) is 0 Å². The first-order valence-electron chi connectivity index (χ1n) is 12.5. The molecule has 0 bridgehead atoms. The molecule has 3 aromatic carbocycles. The number of carbonyl (C=O) groups is 3. The fourth-order valence-corrected chi connectivity index (χ4v) is 5.48. The highest BCUT2D eigenvalue weighted by atomic mass is 16.2. The van der Waals surface area contributed by atoms with Crippen LogP contribution in [0.4, 0.5) is 0 Å². The zero-order chi connectivity index (χ0) is 25.1. The maximum atomic E-state index is 14.3. The van der Waals surface area contributed by atoms with Gasteiger partial charge in [0.2, 0.25) is 11.8 Å². The van der Waals surface area contributed by atoms with Crippen molar-refractivity contribution in [3.8, 4) is 0 Å². The second kappa shape index (κ2) is 10.3. The van der Waals surface area contributed by atoms with Crippen LogP contribution in [0.2, 0.25) is 0 Å². The lowest BCUT2D eigenvalue weighted by Gasteiger charge is -2.31. The van der Waals surface area contributed by atoms with Gasteiger partial charge in [0.1, 0.15) is 6.04 Å². The molecule has 1 aliphatic carbocycles. The lowest BCUT2D eigenvalue weighted by molar-refractivity contribution is -0.141. The Hall–Kier alpha value is -3.99. The number of amides is 2. The standard InChI is InChI=1S/C31H30N2O3/c1-2-20-32-30(35)28-25(21-12-6-3-7-13-21)26(29(34)23-16-10-5-11-17-23)27(22-14-8-4-9-15-22)33(28)31(36)24-18-19-24/h2-17,24-28H,1,18-20H2,(H,32,35). The smallest absolute Gasteiger partial charge is 0.243 e. The second-order valence-electron chi connectivity index (χ2n) is 9.55. The first kappa shape index (κ1) is 23.7. The second-order valence-corrected chi connectivity index (χ2v) is 9.55. The summed E-state index contributed by atoms with van der Waals surface area (Å²) in [5.74, 6) is -1.61. The van der Waals surface area contributed by atoms with E-state index in [1.54, 1.807) is 11.0 Å². The summed E-state index contributed by atoms with van der Waals surface area (Å²) in [7, 11) is 0. The van der Waals surface area contributed by atoms with Crippen molar-refractivity contribution < 1.29 is 14.4 Å². The molecule has 182 valence electrons. The number of benzene rings is 3. The molecule has 0 aromatic heterocycles. The van der Waals surface area contributed by atoms with Crippen LogP contribution in [0.1, 0.15) is 46.3 Å². The molecule has 1 saturated carbocycles. The molecule has 5 nitrogen and oxygen atoms in total. The first-order chi connectivity index (χ1) is 17.6. The predicted molar refractivity (Wildman–Crippen MR) is 139 cm³/mol. The lowest BCUT2D eigenvalue weighted by Crippen LogP contribution is -2.49. The number of hydrogen-bond donors (Lipinski definition) is 1. The molecule has 1 heterocycles. The summed E-state index contributed by atoms with van der Waals surface area (Å²) in [5, 5.41) is 2.93. The summed E-state index contributed by atoms with van der Waals surface area (Å²) in [6.07, 6.45) is 3.25. The van der Waals surface area contributed by atoms with E-state index in [0.717, 1.165) is 24.0 Å². The summed E-state index contributed by atoms with van der Waals surface area (Å²) in [4.78, 5) is 43.6. The minimum atomic E-state index is -0.816. The number of ketones is 1. The van der Waals surface area contributed by atoms with Crippen LogP contribution in [0.25, 0.3) is 0 Å². The average Bonchev–Trinajstić information content (AvgIpc) is 3.72. The Morgan fingerprint density at radius 3 is 1.94 bits per heavy atom. The van der Waals surface area contributed by atoms with Crippen molar-refractivity contribution in [3.05, 3.63) is 120 Å². The van der Waals surface area contributed by atoms with E-state index in [1.165, 1.54) is 0 Å². The SMILES string of the molecule is C=CCNC(=O)C1C(c2ccccc2)C(C(=O)c2ccccc2)C(c2ccccc2)N1C(=O)C1CC1. The van der Waals surface area contributed by atoms with E-state index in [2.05, 4.69) is 11.9 Å². The maximum absolute atomic E-state index is 14.3. The largest absolute Gasteiger partial charge is 0.351 e. The van der Waals surface area contributed by atoms with Gasteiger partial charge in [0.15, 0.2) is 5.78 Å². The van der Waals surface area contributed by atoms with Crippen LogP contribution in [-0.2, 0) is 9.59 Å². The zero-order valence-electron chi connectivity index (χ0n) is 20.1. The van der Waals surface area contributed by atoms with Crippen molar-refractivity contribution in [2.75, 3.05) is 6.54 Å². The summed E-state index contributed by atoms with van der Waals surface area (Å²) in [6, 6.07) is 27.1. The number of nitrogens with zero attached hydrogens (tertiary/aromatic N) is 1. The van der Waals surface area contributed by atoms with E-state index in [-0.39, 0.29) is 30.1 Å². The van der Waals surface area contributed by atoms with Crippen molar-refractivity contribution in [2.24, 2.45) is 11.8 Å². The van der Waals surface area contributed by atoms with Gasteiger partial charge in [-0.15, -0.1) is 6.58 Å². The highest BCUT2D eigenvalue weighted by Crippen LogP contribution is 2.52. The van der Waals surface area contributed by atoms with Gasteiger partial charge in [-0.05, 0) is 24.0 Å². The van der Waals surface area contributed by atoms with Crippen molar-refractivity contribution in [1.29, 1.82) is 0 Å². The minimum absolute atomic E-state index is 0.0492. The average molecular weight is 479 g/mol. The molecule has 2 aliphatic rings. The van der Waals surface area contributed by atoms with Gasteiger partial charge in [0.05, 0.1) is 12.0 Å². The topological polar surface area (TPSA) is 66.5 Å². The molecular weight excluding hydrogens is 448 g/mol. The Bertz CT molecular complexity index is 1240. The van der Waals surface area contributed by atoms with Gasteiger partial charge in [-0.3, -0.25) is 14.4 Å². The number of hydrogen-bond acceptors (Lipinski definition) is 3. The van der Waals surface area contributed by atoms with Gasteiger partial charge in [-0.25, -0.2) is 0 Å². The Morgan fingerprint density at radius 2 is 1.39 bits per heavy atom. The van der Waals surface area contributed by atoms with Crippen molar-refractivity contribution in [2.45, 2.75) is 30.8 Å². The van der Waals surface area contributed by atoms with Gasteiger partial charge in [0, 0.05) is 23.9 Å². The summed E-state index contributed by atoms with van der Waals surface area (Å²) in [5.41, 5.74) is 2.31. The van der Waals surface area contributed by atoms with E-state index in [9.17, 15) is 14.4 Å². The minimum Gasteiger partial charge on any atom is -0.351 e. The third-order valence-corrected chi connectivity index (χ3v) is 7.22. The molecule has 0 radical (unpaired) electrons. The van der Waals surface area contributed by atoms with Crippen molar-refractivity contribution >= 4 is 17.6 Å². The molecule has 1 aliphatic heterocycles. The third-order valence-electron chi connectivity index (χ3n) is 7.22. The zero-order valence-corrected chi connectivity index (χ0v) is 20.1. The molecule has 4 unspecified atom stereocenters. The van der Waals surface area contributed by atoms with Crippen LogP contribution < -0.4 is 5.32 Å². The van der Waals surface area contributed by atoms with Gasteiger partial charge < -0.3 is 10.2 Å². The summed E-state index contributed by atoms with van der Waals surface area (Å²) in [6.45, 7) is 4.01. The molecule has 5 rings (SSSR count). The maximum Gasteiger partial charge on any atom is 0.243 e. The predicted octanol–water partition coefficient (Wildman–Crippen LogP) is 4.93. The van der Waals surface area contributed by atoms with Crippen LogP contribution in [0.3, 0.4) is 0 Å². The molecule has 36 heavy (non-hydrogen) atoms. The Kier molecular flexibility index (Phi) is 6.81. The van der Waals surface area contributed by atoms with Gasteiger partial charge >= 0.3 is 0 Å². The Labute approximate surface area is 211 Å². The lowest BCUT2D eigenvalue weighted by atomic mass is 9.76. The fraction of sp³-hybridized carbons (Fsp3) is 0.258. The molecule has 4 atom stereocenters. The summed E-state index contributed by atoms with van der Waals surface area (Å²) < 4.78 is 0. The molecular formula is C31H30N2O3. The monoisotopic (exact) mass is 478 g/mol. The van der Waals surface area contributed by atoms with E-state index in [1.807, 2.05) is 91.0 Å². The Morgan fingerprint density at radius 1 is 0.833 bits per heavy atom. The normalized spacial score (nSPS) is 23.2. The van der Waals surface area contributed by atoms with Crippen molar-refractivity contribution in [1.82, 2.24) is 10.2 Å². The number of carbonyl (C=O) groups excluding carboxylic acids is 3. The van der Waals surface area contributed by atoms with Crippen LogP contribution in [0, 0.1) is 11.8 Å². The van der Waals surface area contributed by atoms with E-state index in [0.29, 0.717) is 5.56 Å². The highest BCUT2D eigenvalue weighted by molar-refractivity contribution is 6.02. The molecule has 2 amide bonds. The molecule has 0 spiro atoms. The van der Waals surface area contributed by atoms with Crippen LogP contribution in [0.5, 0.6) is 0 Å². The highest BCUT2D eigenvalue weighted by Gasteiger charge is 2.58. The Balaban J connectivity index is 1.73. The van der Waals surface area contributed by atoms with Crippen LogP contribution in [-0.4, -0.2) is 35.1 Å². The van der Waals surface area contributed by atoms with Crippen LogP contribution >= 0.6 is 0 Å². The van der Waals surface area contributed by atoms with Crippen molar-refractivity contribution in [3.63, 3.8) is 0 Å². The quantitative estimate of drug-likeness (QED) is 0.369. The number of nitrogens with one attached hydrogen (secondary N) is 1. The number of rotatable bonds is 8. The summed E-state index contributed by atoms with van der Waals surface area (Å²) >= 11 is 0. The molecule has 5 heteroatoms. The van der Waals surface area contributed by atoms with E-state index >= 15 is 0 Å². The number of likely N-dealkylation sites (tertiary alicyclic amines) is 1. The molecule has 2 fully saturated rings. The van der Waals surface area contributed by atoms with Gasteiger partial charge in [0.25, 0.3) is 0 Å². The van der Waals surface area contributed by atoms with Gasteiger partial charge in [-0.1, -0.05) is 97.1 Å². The molecule has 1 saturated heterocycles. The fourth-order valence-electron chi connectivity index (χ4n) is 5.48. The van der Waals surface area contributed by atoms with Gasteiger partial charge in [-0.2, -0.15) is 0 Å². The first-order valence-corrected chi connectivity index (χ1v) is 12.5. The van der Waals surface area contributed by atoms with Crippen LogP contribution in [0.15, 0.2) is 104 Å². The van der Waals surface area contributed by atoms with E-state index < -0.39 is 23.9 Å². The number of Topliss-reactive ketones (excluding diaryl/α,β-unsaturated/α-hetero) is 1.